The summed E-state index contributed by atoms with van der Waals surface area (Å²) >= 11 is 0. The molecule has 0 spiro atoms. The molecule has 5 rings (SSSR count). The number of nitrogens with zero attached hydrogens (tertiary/aromatic N) is 1. The molecule has 2 atom stereocenters. The molecule has 6 nitrogen and oxygen atoms in total. The SMILES string of the molecule is CC(C)(C)OC(=O)N1C2CCC1CC(c1ccc(N)cc1)=C(COc1ccc3c(c1)C(=O)CC3)C2. The molecule has 1 aliphatic carbocycles. The largest absolute Gasteiger partial charge is 0.489 e. The number of amides is 1. The molecule has 3 aliphatic rings. The smallest absolute Gasteiger partial charge is 0.410 e. The number of hydrogen-bond acceptors (Lipinski definition) is 5. The van der Waals surface area contributed by atoms with Gasteiger partial charge in [-0.15, -0.1) is 0 Å². The van der Waals surface area contributed by atoms with Crippen molar-refractivity contribution in [3.63, 3.8) is 0 Å². The number of ketones is 1. The Labute approximate surface area is 207 Å². The van der Waals surface area contributed by atoms with Crippen LogP contribution in [0.3, 0.4) is 0 Å². The summed E-state index contributed by atoms with van der Waals surface area (Å²) in [6.07, 6.45) is 4.56. The van der Waals surface area contributed by atoms with Gasteiger partial charge in [0.15, 0.2) is 5.78 Å². The molecular weight excluding hydrogens is 440 g/mol. The average molecular weight is 475 g/mol. The molecule has 2 aliphatic heterocycles. The Hall–Kier alpha value is -3.28. The van der Waals surface area contributed by atoms with Gasteiger partial charge in [0.05, 0.1) is 0 Å². The first-order valence-electron chi connectivity index (χ1n) is 12.5. The quantitative estimate of drug-likeness (QED) is 0.567. The van der Waals surface area contributed by atoms with Gasteiger partial charge in [-0.3, -0.25) is 4.79 Å². The van der Waals surface area contributed by atoms with Crippen molar-refractivity contribution in [1.82, 2.24) is 4.90 Å². The van der Waals surface area contributed by atoms with Crippen molar-refractivity contribution in [3.05, 3.63) is 64.7 Å². The lowest BCUT2D eigenvalue weighted by molar-refractivity contribution is 0.0155. The minimum atomic E-state index is -0.535. The Morgan fingerprint density at radius 2 is 1.74 bits per heavy atom. The summed E-state index contributed by atoms with van der Waals surface area (Å²) < 4.78 is 12.0. The predicted molar refractivity (Wildman–Crippen MR) is 136 cm³/mol. The zero-order valence-corrected chi connectivity index (χ0v) is 20.8. The molecule has 6 heteroatoms. The van der Waals surface area contributed by atoms with Gasteiger partial charge < -0.3 is 20.1 Å². The molecule has 2 N–H and O–H groups in total. The Kier molecular flexibility index (Phi) is 6.07. The molecule has 1 amide bonds. The van der Waals surface area contributed by atoms with E-state index in [1.165, 1.54) is 11.1 Å². The van der Waals surface area contributed by atoms with E-state index in [1.54, 1.807) is 0 Å². The van der Waals surface area contributed by atoms with Gasteiger partial charge in [-0.2, -0.15) is 0 Å². The normalized spacial score (nSPS) is 21.7. The maximum Gasteiger partial charge on any atom is 0.410 e. The molecule has 35 heavy (non-hydrogen) atoms. The van der Waals surface area contributed by atoms with Crippen LogP contribution in [0, 0.1) is 0 Å². The molecule has 0 radical (unpaired) electrons. The molecule has 2 aromatic rings. The number of ether oxygens (including phenoxy) is 2. The lowest BCUT2D eigenvalue weighted by atomic mass is 9.89. The van der Waals surface area contributed by atoms with E-state index in [0.717, 1.165) is 54.5 Å². The van der Waals surface area contributed by atoms with Crippen LogP contribution in [0.1, 0.15) is 74.4 Å². The maximum absolute atomic E-state index is 13.1. The second-order valence-corrected chi connectivity index (χ2v) is 10.9. The number of rotatable bonds is 4. The summed E-state index contributed by atoms with van der Waals surface area (Å²) in [4.78, 5) is 27.3. The average Bonchev–Trinajstić information content (AvgIpc) is 3.32. The van der Waals surface area contributed by atoms with E-state index in [0.29, 0.717) is 18.8 Å². The third kappa shape index (κ3) is 4.93. The lowest BCUT2D eigenvalue weighted by Gasteiger charge is -2.31. The molecule has 2 unspecified atom stereocenters. The van der Waals surface area contributed by atoms with Crippen LogP contribution < -0.4 is 10.5 Å². The number of Topliss-reactive ketones (excluding diaryl/α,β-unsaturated/α-hetero) is 1. The van der Waals surface area contributed by atoms with Crippen molar-refractivity contribution >= 4 is 23.1 Å². The van der Waals surface area contributed by atoms with Crippen molar-refractivity contribution < 1.29 is 19.1 Å². The number of carbonyl (C=O) groups is 2. The molecule has 184 valence electrons. The van der Waals surface area contributed by atoms with Gasteiger partial charge in [-0.05, 0) is 99.4 Å². The highest BCUT2D eigenvalue weighted by molar-refractivity contribution is 6.00. The predicted octanol–water partition coefficient (Wildman–Crippen LogP) is 5.79. The van der Waals surface area contributed by atoms with Crippen LogP contribution in [0.4, 0.5) is 10.5 Å². The highest BCUT2D eigenvalue weighted by Crippen LogP contribution is 2.41. The molecule has 1 fully saturated rings. The summed E-state index contributed by atoms with van der Waals surface area (Å²) in [5.41, 5.74) is 11.5. The topological polar surface area (TPSA) is 81.9 Å². The van der Waals surface area contributed by atoms with Gasteiger partial charge in [-0.25, -0.2) is 4.79 Å². The van der Waals surface area contributed by atoms with Crippen LogP contribution in [-0.2, 0) is 11.2 Å². The first-order chi connectivity index (χ1) is 16.7. The fraction of sp³-hybridized carbons (Fsp3) is 0.448. The van der Waals surface area contributed by atoms with E-state index in [9.17, 15) is 9.59 Å². The maximum atomic E-state index is 13.1. The first-order valence-corrected chi connectivity index (χ1v) is 12.5. The standard InChI is InChI=1S/C29H34N2O4/c1-29(2,3)35-28(33)31-22-10-11-23(31)15-25(18-4-8-21(30)9-5-18)20(14-22)17-34-24-12-6-19-7-13-27(32)26(19)16-24/h4-6,8-9,12,16,22-23H,7,10-11,13-15,17,30H2,1-3H3. The summed E-state index contributed by atoms with van der Waals surface area (Å²) in [5.74, 6) is 0.897. The number of nitrogens with two attached hydrogens (primary N) is 1. The number of aryl methyl sites for hydroxylation is 1. The van der Waals surface area contributed by atoms with Gasteiger partial charge in [-0.1, -0.05) is 18.2 Å². The van der Waals surface area contributed by atoms with E-state index >= 15 is 0 Å². The first kappa shape index (κ1) is 23.5. The number of hydrogen-bond donors (Lipinski definition) is 1. The van der Waals surface area contributed by atoms with E-state index in [4.69, 9.17) is 15.2 Å². The number of nitrogen functional groups attached to an aromatic ring is 1. The van der Waals surface area contributed by atoms with Crippen molar-refractivity contribution in [2.24, 2.45) is 0 Å². The third-order valence-electron chi connectivity index (χ3n) is 7.25. The molecule has 2 heterocycles. The van der Waals surface area contributed by atoms with Crippen molar-refractivity contribution in [1.29, 1.82) is 0 Å². The number of benzene rings is 2. The van der Waals surface area contributed by atoms with Crippen molar-refractivity contribution in [2.45, 2.75) is 77.0 Å². The van der Waals surface area contributed by atoms with E-state index in [-0.39, 0.29) is 24.0 Å². The van der Waals surface area contributed by atoms with Crippen LogP contribution in [-0.4, -0.2) is 41.1 Å². The van der Waals surface area contributed by atoms with Crippen molar-refractivity contribution in [3.8, 4) is 5.75 Å². The highest BCUT2D eigenvalue weighted by Gasteiger charge is 2.42. The van der Waals surface area contributed by atoms with Crippen molar-refractivity contribution in [2.75, 3.05) is 12.3 Å². The van der Waals surface area contributed by atoms with Crippen LogP contribution in [0.15, 0.2) is 48.0 Å². The zero-order valence-electron chi connectivity index (χ0n) is 20.8. The molecule has 1 saturated heterocycles. The molecule has 0 aromatic heterocycles. The fourth-order valence-corrected chi connectivity index (χ4v) is 5.59. The molecular formula is C29H34N2O4. The number of carbonyl (C=O) groups excluding carboxylic acids is 2. The van der Waals surface area contributed by atoms with Gasteiger partial charge in [0.2, 0.25) is 0 Å². The van der Waals surface area contributed by atoms with E-state index in [1.807, 2.05) is 56.0 Å². The summed E-state index contributed by atoms with van der Waals surface area (Å²) in [7, 11) is 0. The second kappa shape index (κ2) is 9.06. The summed E-state index contributed by atoms with van der Waals surface area (Å²) in [6.45, 7) is 6.13. The highest BCUT2D eigenvalue weighted by atomic mass is 16.6. The van der Waals surface area contributed by atoms with E-state index < -0.39 is 5.60 Å². The summed E-state index contributed by atoms with van der Waals surface area (Å²) in [6, 6.07) is 14.0. The molecule has 0 saturated carbocycles. The number of anilines is 1. The Morgan fingerprint density at radius 3 is 2.46 bits per heavy atom. The molecule has 2 bridgehead atoms. The minimum absolute atomic E-state index is 0.0846. The summed E-state index contributed by atoms with van der Waals surface area (Å²) in [5, 5.41) is 0. The Bertz CT molecular complexity index is 1180. The van der Waals surface area contributed by atoms with Gasteiger partial charge in [0.25, 0.3) is 0 Å². The van der Waals surface area contributed by atoms with Crippen LogP contribution >= 0.6 is 0 Å². The minimum Gasteiger partial charge on any atom is -0.489 e. The monoisotopic (exact) mass is 474 g/mol. The second-order valence-electron chi connectivity index (χ2n) is 10.9. The van der Waals surface area contributed by atoms with Crippen LogP contribution in [0.5, 0.6) is 5.75 Å². The van der Waals surface area contributed by atoms with Gasteiger partial charge in [0, 0.05) is 29.8 Å². The van der Waals surface area contributed by atoms with Crippen LogP contribution in [0.2, 0.25) is 0 Å². The zero-order chi connectivity index (χ0) is 24.7. The van der Waals surface area contributed by atoms with Gasteiger partial charge >= 0.3 is 6.09 Å². The Balaban J connectivity index is 1.43. The Morgan fingerprint density at radius 1 is 1.03 bits per heavy atom. The number of fused-ring (bicyclic) bond motifs is 3. The van der Waals surface area contributed by atoms with E-state index in [2.05, 4.69) is 12.1 Å². The lowest BCUT2D eigenvalue weighted by Crippen LogP contribution is -2.43. The third-order valence-corrected chi connectivity index (χ3v) is 7.25. The van der Waals surface area contributed by atoms with Crippen LogP contribution in [0.25, 0.3) is 5.57 Å². The molecule has 2 aromatic carbocycles. The fourth-order valence-electron chi connectivity index (χ4n) is 5.59. The van der Waals surface area contributed by atoms with Gasteiger partial charge in [0.1, 0.15) is 18.0 Å².